The zero-order chi connectivity index (χ0) is 22.3. The summed E-state index contributed by atoms with van der Waals surface area (Å²) in [6.07, 6.45) is 0. The van der Waals surface area contributed by atoms with Gasteiger partial charge in [-0.3, -0.25) is 9.59 Å². The average Bonchev–Trinajstić information content (AvgIpc) is 3.08. The van der Waals surface area contributed by atoms with E-state index in [2.05, 4.69) is 6.07 Å². The minimum Gasteiger partial charge on any atom is -0.370 e. The van der Waals surface area contributed by atoms with E-state index in [1.807, 2.05) is 6.92 Å². The van der Waals surface area contributed by atoms with Gasteiger partial charge in [-0.1, -0.05) is 29.3 Å². The molecule has 2 aromatic carbocycles. The van der Waals surface area contributed by atoms with Gasteiger partial charge < -0.3 is 14.2 Å². The lowest BCUT2D eigenvalue weighted by Gasteiger charge is -2.27. The van der Waals surface area contributed by atoms with E-state index in [-0.39, 0.29) is 40.5 Å². The largest absolute Gasteiger partial charge is 0.370 e. The van der Waals surface area contributed by atoms with Crippen LogP contribution in [0.3, 0.4) is 0 Å². The Morgan fingerprint density at radius 1 is 1.26 bits per heavy atom. The van der Waals surface area contributed by atoms with Crippen molar-refractivity contribution in [2.24, 2.45) is 7.05 Å². The highest BCUT2D eigenvalue weighted by molar-refractivity contribution is 6.41. The second kappa shape index (κ2) is 8.35. The lowest BCUT2D eigenvalue weighted by atomic mass is 10.0. The number of carbonyl (C=O) groups excluding carboxylic acids is 2. The fourth-order valence-corrected chi connectivity index (χ4v) is 4.47. The zero-order valence-corrected chi connectivity index (χ0v) is 18.5. The number of aryl methyl sites for hydroxylation is 2. The van der Waals surface area contributed by atoms with E-state index >= 15 is 0 Å². The van der Waals surface area contributed by atoms with Crippen LogP contribution in [0.15, 0.2) is 30.3 Å². The number of hydrogen-bond acceptors (Lipinski definition) is 4. The smallest absolute Gasteiger partial charge is 0.248 e. The number of nitrogens with zero attached hydrogens (tertiary/aromatic N) is 3. The van der Waals surface area contributed by atoms with Crippen LogP contribution in [0.4, 0.5) is 0 Å². The topological polar surface area (TPSA) is 75.3 Å². The molecule has 0 aliphatic carbocycles. The number of hydrogen-bond donors (Lipinski definition) is 0. The molecule has 158 valence electrons. The van der Waals surface area contributed by atoms with Crippen LogP contribution in [-0.4, -0.2) is 40.9 Å². The molecule has 2 heterocycles. The van der Waals surface area contributed by atoms with Crippen LogP contribution in [0.25, 0.3) is 10.9 Å². The molecule has 8 heteroatoms. The number of benzene rings is 2. The average molecular weight is 456 g/mol. The Morgan fingerprint density at radius 2 is 2.03 bits per heavy atom. The van der Waals surface area contributed by atoms with E-state index in [9.17, 15) is 14.9 Å². The van der Waals surface area contributed by atoms with Crippen molar-refractivity contribution in [3.8, 4) is 6.07 Å². The SMILES string of the molecule is Cc1cc(C#N)cc2c1cc(C(=O)c1c(Cl)ccc(CN3CCOCC3=O)c1Cl)n2C. The van der Waals surface area contributed by atoms with Crippen LogP contribution < -0.4 is 0 Å². The van der Waals surface area contributed by atoms with E-state index in [4.69, 9.17) is 27.9 Å². The molecule has 0 unspecified atom stereocenters. The number of ketones is 1. The number of nitriles is 1. The number of aromatic nitrogens is 1. The first-order valence-electron chi connectivity index (χ1n) is 9.69. The number of carbonyl (C=O) groups is 2. The van der Waals surface area contributed by atoms with Crippen LogP contribution >= 0.6 is 23.2 Å². The van der Waals surface area contributed by atoms with Gasteiger partial charge in [0.1, 0.15) is 6.61 Å². The summed E-state index contributed by atoms with van der Waals surface area (Å²) in [5.74, 6) is -0.440. The summed E-state index contributed by atoms with van der Waals surface area (Å²) in [6.45, 7) is 3.14. The molecule has 1 aliphatic heterocycles. The van der Waals surface area contributed by atoms with E-state index in [0.717, 1.165) is 16.5 Å². The molecule has 1 aliphatic rings. The Labute approximate surface area is 189 Å². The molecule has 31 heavy (non-hydrogen) atoms. The Hall–Kier alpha value is -2.85. The van der Waals surface area contributed by atoms with E-state index in [1.165, 1.54) is 0 Å². The molecular weight excluding hydrogens is 437 g/mol. The third-order valence-corrected chi connectivity index (χ3v) is 6.32. The van der Waals surface area contributed by atoms with Crippen molar-refractivity contribution in [2.45, 2.75) is 13.5 Å². The first-order valence-corrected chi connectivity index (χ1v) is 10.4. The fourth-order valence-electron chi connectivity index (χ4n) is 3.87. The summed E-state index contributed by atoms with van der Waals surface area (Å²) in [4.78, 5) is 27.2. The molecule has 0 bridgehead atoms. The Balaban J connectivity index is 1.77. The Morgan fingerprint density at radius 3 is 2.74 bits per heavy atom. The van der Waals surface area contributed by atoms with Crippen LogP contribution in [0.5, 0.6) is 0 Å². The third kappa shape index (κ3) is 3.81. The van der Waals surface area contributed by atoms with E-state index in [0.29, 0.717) is 30.0 Å². The normalized spacial score (nSPS) is 14.2. The lowest BCUT2D eigenvalue weighted by Crippen LogP contribution is -2.41. The lowest BCUT2D eigenvalue weighted by molar-refractivity contribution is -0.143. The quantitative estimate of drug-likeness (QED) is 0.550. The molecule has 1 aromatic heterocycles. The first-order chi connectivity index (χ1) is 14.8. The molecule has 1 fully saturated rings. The minimum absolute atomic E-state index is 0.0387. The van der Waals surface area contributed by atoms with Gasteiger partial charge >= 0.3 is 0 Å². The van der Waals surface area contributed by atoms with Gasteiger partial charge in [0, 0.05) is 31.0 Å². The van der Waals surface area contributed by atoms with Crippen molar-refractivity contribution in [3.63, 3.8) is 0 Å². The number of rotatable bonds is 4. The maximum absolute atomic E-state index is 13.5. The molecule has 3 aromatic rings. The predicted molar refractivity (Wildman–Crippen MR) is 119 cm³/mol. The number of ether oxygens (including phenoxy) is 1. The molecule has 1 amide bonds. The predicted octanol–water partition coefficient (Wildman–Crippen LogP) is 4.26. The molecule has 0 saturated carbocycles. The Bertz CT molecular complexity index is 1270. The summed E-state index contributed by atoms with van der Waals surface area (Å²) in [5.41, 5.74) is 3.47. The fraction of sp³-hybridized carbons (Fsp3) is 0.261. The molecule has 0 spiro atoms. The minimum atomic E-state index is -0.318. The number of halogens is 2. The number of amides is 1. The molecule has 0 N–H and O–H groups in total. The van der Waals surface area contributed by atoms with E-state index < -0.39 is 0 Å². The van der Waals surface area contributed by atoms with E-state index in [1.54, 1.807) is 46.8 Å². The van der Waals surface area contributed by atoms with Gasteiger partial charge in [0.15, 0.2) is 0 Å². The van der Waals surface area contributed by atoms with Gasteiger partial charge in [-0.25, -0.2) is 0 Å². The van der Waals surface area contributed by atoms with Gasteiger partial charge in [0.05, 0.1) is 39.5 Å². The first kappa shape index (κ1) is 21.4. The summed E-state index contributed by atoms with van der Waals surface area (Å²) in [5, 5.41) is 10.6. The maximum Gasteiger partial charge on any atom is 0.248 e. The van der Waals surface area contributed by atoms with Crippen molar-refractivity contribution < 1.29 is 14.3 Å². The monoisotopic (exact) mass is 455 g/mol. The highest BCUT2D eigenvalue weighted by atomic mass is 35.5. The van der Waals surface area contributed by atoms with Crippen LogP contribution in [0.2, 0.25) is 10.0 Å². The van der Waals surface area contributed by atoms with Crippen molar-refractivity contribution in [3.05, 3.63) is 68.3 Å². The number of fused-ring (bicyclic) bond motifs is 1. The second-order valence-electron chi connectivity index (χ2n) is 7.52. The molecule has 1 saturated heterocycles. The van der Waals surface area contributed by atoms with Crippen LogP contribution in [0, 0.1) is 18.3 Å². The molecule has 4 rings (SSSR count). The summed E-state index contributed by atoms with van der Waals surface area (Å²) in [7, 11) is 1.77. The summed E-state index contributed by atoms with van der Waals surface area (Å²) >= 11 is 13.0. The van der Waals surface area contributed by atoms with Crippen molar-refractivity contribution in [1.82, 2.24) is 9.47 Å². The number of morpholine rings is 1. The molecular formula is C23H19Cl2N3O3. The second-order valence-corrected chi connectivity index (χ2v) is 8.30. The van der Waals surface area contributed by atoms with Gasteiger partial charge in [0.2, 0.25) is 11.7 Å². The van der Waals surface area contributed by atoms with Gasteiger partial charge in [-0.05, 0) is 42.3 Å². The zero-order valence-electron chi connectivity index (χ0n) is 17.0. The standard InChI is InChI=1S/C23H19Cl2N3O3/c1-13-7-14(10-26)8-18-16(13)9-19(27(18)2)23(30)21-17(24)4-3-15(22(21)25)11-28-5-6-31-12-20(28)29/h3-4,7-9H,5-6,11-12H2,1-2H3. The Kier molecular flexibility index (Phi) is 5.76. The van der Waals surface area contributed by atoms with Crippen molar-refractivity contribution in [2.75, 3.05) is 19.8 Å². The third-order valence-electron chi connectivity index (χ3n) is 5.57. The summed E-state index contributed by atoms with van der Waals surface area (Å²) in [6, 6.07) is 10.8. The van der Waals surface area contributed by atoms with Crippen LogP contribution in [-0.2, 0) is 23.1 Å². The summed E-state index contributed by atoms with van der Waals surface area (Å²) < 4.78 is 6.91. The van der Waals surface area contributed by atoms with Gasteiger partial charge in [-0.15, -0.1) is 0 Å². The molecule has 0 atom stereocenters. The van der Waals surface area contributed by atoms with Crippen LogP contribution in [0.1, 0.15) is 32.7 Å². The highest BCUT2D eigenvalue weighted by Gasteiger charge is 2.25. The molecule has 6 nitrogen and oxygen atoms in total. The van der Waals surface area contributed by atoms with Crippen molar-refractivity contribution >= 4 is 45.8 Å². The maximum atomic E-state index is 13.5. The van der Waals surface area contributed by atoms with Gasteiger partial charge in [-0.2, -0.15) is 5.26 Å². The highest BCUT2D eigenvalue weighted by Crippen LogP contribution is 2.33. The van der Waals surface area contributed by atoms with Gasteiger partial charge in [0.25, 0.3) is 0 Å². The molecule has 0 radical (unpaired) electrons. The van der Waals surface area contributed by atoms with Crippen molar-refractivity contribution in [1.29, 1.82) is 5.26 Å².